The van der Waals surface area contributed by atoms with Gasteiger partial charge in [-0.15, -0.1) is 0 Å². The van der Waals surface area contributed by atoms with Crippen LogP contribution in [0.2, 0.25) is 0 Å². The molecule has 2 aliphatic heterocycles. The number of alkyl halides is 6. The highest BCUT2D eigenvalue weighted by atomic mass is 19.4. The summed E-state index contributed by atoms with van der Waals surface area (Å²) in [6.45, 7) is 0.566. The average molecular weight is 534 g/mol. The van der Waals surface area contributed by atoms with Crippen molar-refractivity contribution in [1.29, 1.82) is 0 Å². The van der Waals surface area contributed by atoms with Crippen LogP contribution in [0.5, 0.6) is 0 Å². The molecule has 0 aliphatic carbocycles. The Labute approximate surface area is 216 Å². The monoisotopic (exact) mass is 533 g/mol. The smallest absolute Gasteiger partial charge is 0.416 e. The van der Waals surface area contributed by atoms with Gasteiger partial charge in [-0.1, -0.05) is 60.7 Å². The van der Waals surface area contributed by atoms with E-state index in [4.69, 9.17) is 4.74 Å². The van der Waals surface area contributed by atoms with E-state index < -0.39 is 46.7 Å². The van der Waals surface area contributed by atoms with Crippen molar-refractivity contribution in [3.8, 4) is 0 Å². The van der Waals surface area contributed by atoms with E-state index in [-0.39, 0.29) is 12.1 Å². The minimum Gasteiger partial charge on any atom is -0.456 e. The normalized spacial score (nSPS) is 23.8. The van der Waals surface area contributed by atoms with Crippen LogP contribution >= 0.6 is 0 Å². The van der Waals surface area contributed by atoms with Gasteiger partial charge < -0.3 is 4.74 Å². The number of fused-ring (bicyclic) bond motifs is 2. The standard InChI is InChI=1S/C29H25F6NO2/c30-28(31,32)22-15-20(16-23(17-22)29(33,34)35)26(37)38-25-12-11-24-13-14-27(25,21-9-5-2-6-10-21)36(24)18-19-7-3-1-4-8-19/h1-10,15-17,24-25H,11-14,18H2. The first kappa shape index (κ1) is 26.3. The third-order valence-corrected chi connectivity index (χ3v) is 7.65. The number of carbonyl (C=O) groups excluding carboxylic acids is 1. The van der Waals surface area contributed by atoms with Crippen LogP contribution in [-0.2, 0) is 29.2 Å². The summed E-state index contributed by atoms with van der Waals surface area (Å²) in [5, 5.41) is 0. The molecule has 3 aromatic rings. The predicted molar refractivity (Wildman–Crippen MR) is 128 cm³/mol. The highest BCUT2D eigenvalue weighted by Crippen LogP contribution is 2.52. The summed E-state index contributed by atoms with van der Waals surface area (Å²) in [5.74, 6) is -1.20. The van der Waals surface area contributed by atoms with Gasteiger partial charge in [0.25, 0.3) is 0 Å². The Morgan fingerprint density at radius 1 is 0.816 bits per heavy atom. The summed E-state index contributed by atoms with van der Waals surface area (Å²) in [4.78, 5) is 15.5. The summed E-state index contributed by atoms with van der Waals surface area (Å²) in [6, 6.07) is 20.3. The molecule has 2 bridgehead atoms. The Morgan fingerprint density at radius 2 is 1.39 bits per heavy atom. The van der Waals surface area contributed by atoms with Gasteiger partial charge in [0, 0.05) is 12.6 Å². The van der Waals surface area contributed by atoms with Crippen LogP contribution < -0.4 is 0 Å². The third-order valence-electron chi connectivity index (χ3n) is 7.65. The molecule has 0 aromatic heterocycles. The predicted octanol–water partition coefficient (Wildman–Crippen LogP) is 7.60. The number of ether oxygens (including phenoxy) is 1. The van der Waals surface area contributed by atoms with Crippen molar-refractivity contribution in [3.63, 3.8) is 0 Å². The summed E-state index contributed by atoms with van der Waals surface area (Å²) in [7, 11) is 0. The van der Waals surface area contributed by atoms with E-state index in [2.05, 4.69) is 4.90 Å². The molecule has 3 unspecified atom stereocenters. The first-order chi connectivity index (χ1) is 18.0. The molecule has 0 spiro atoms. The lowest BCUT2D eigenvalue weighted by molar-refractivity contribution is -0.143. The molecule has 3 atom stereocenters. The number of carbonyl (C=O) groups is 1. The summed E-state index contributed by atoms with van der Waals surface area (Å²) >= 11 is 0. The maximum Gasteiger partial charge on any atom is 0.416 e. The Hall–Kier alpha value is -3.33. The van der Waals surface area contributed by atoms with Crippen LogP contribution in [0.1, 0.15) is 58.3 Å². The number of halogens is 6. The molecule has 0 radical (unpaired) electrons. The Kier molecular flexibility index (Phi) is 6.75. The van der Waals surface area contributed by atoms with Gasteiger partial charge in [0.1, 0.15) is 6.10 Å². The van der Waals surface area contributed by atoms with E-state index in [0.29, 0.717) is 37.9 Å². The van der Waals surface area contributed by atoms with Crippen molar-refractivity contribution >= 4 is 5.97 Å². The Bertz CT molecular complexity index is 1260. The van der Waals surface area contributed by atoms with E-state index >= 15 is 0 Å². The second-order valence-corrected chi connectivity index (χ2v) is 9.86. The van der Waals surface area contributed by atoms with Crippen molar-refractivity contribution in [2.45, 2.75) is 62.3 Å². The maximum atomic E-state index is 13.4. The van der Waals surface area contributed by atoms with E-state index in [1.165, 1.54) is 0 Å². The first-order valence-electron chi connectivity index (χ1n) is 12.3. The molecule has 200 valence electrons. The van der Waals surface area contributed by atoms with Crippen LogP contribution in [0.25, 0.3) is 0 Å². The highest BCUT2D eigenvalue weighted by molar-refractivity contribution is 5.90. The minimum atomic E-state index is -5.06. The molecule has 0 amide bonds. The van der Waals surface area contributed by atoms with Crippen molar-refractivity contribution in [1.82, 2.24) is 4.90 Å². The van der Waals surface area contributed by atoms with Gasteiger partial charge in [-0.05, 0) is 55.0 Å². The fourth-order valence-electron chi connectivity index (χ4n) is 5.94. The Balaban J connectivity index is 1.53. The zero-order chi connectivity index (χ0) is 27.1. The van der Waals surface area contributed by atoms with Gasteiger partial charge in [0.15, 0.2) is 0 Å². The van der Waals surface area contributed by atoms with Gasteiger partial charge in [0.2, 0.25) is 0 Å². The zero-order valence-electron chi connectivity index (χ0n) is 20.2. The number of hydrogen-bond acceptors (Lipinski definition) is 3. The lowest BCUT2D eigenvalue weighted by Crippen LogP contribution is -2.56. The van der Waals surface area contributed by atoms with Crippen molar-refractivity contribution in [2.75, 3.05) is 0 Å². The molecule has 0 N–H and O–H groups in total. The van der Waals surface area contributed by atoms with Crippen LogP contribution in [0.3, 0.4) is 0 Å². The van der Waals surface area contributed by atoms with Crippen LogP contribution in [0, 0.1) is 0 Å². The number of hydrogen-bond donors (Lipinski definition) is 0. The van der Waals surface area contributed by atoms with Gasteiger partial charge in [-0.25, -0.2) is 4.79 Å². The average Bonchev–Trinajstić information content (AvgIpc) is 3.13. The number of esters is 1. The molecule has 3 aromatic carbocycles. The number of benzene rings is 3. The molecule has 2 heterocycles. The molecule has 38 heavy (non-hydrogen) atoms. The molecule has 9 heteroatoms. The molecule has 5 rings (SSSR count). The van der Waals surface area contributed by atoms with E-state index in [9.17, 15) is 31.1 Å². The largest absolute Gasteiger partial charge is 0.456 e. The molecular formula is C29H25F6NO2. The van der Waals surface area contributed by atoms with Crippen molar-refractivity contribution < 1.29 is 35.9 Å². The number of nitrogens with zero attached hydrogens (tertiary/aromatic N) is 1. The van der Waals surface area contributed by atoms with E-state index in [1.54, 1.807) is 0 Å². The highest BCUT2D eigenvalue weighted by Gasteiger charge is 2.57. The molecule has 3 nitrogen and oxygen atoms in total. The summed E-state index contributed by atoms with van der Waals surface area (Å²) in [6.07, 6.45) is -8.27. The second kappa shape index (κ2) is 9.76. The van der Waals surface area contributed by atoms with Crippen LogP contribution in [0.4, 0.5) is 26.3 Å². The minimum absolute atomic E-state index is 0.00596. The van der Waals surface area contributed by atoms with Crippen LogP contribution in [0.15, 0.2) is 78.9 Å². The zero-order valence-corrected chi connectivity index (χ0v) is 20.2. The fraction of sp³-hybridized carbons (Fsp3) is 0.345. The lowest BCUT2D eigenvalue weighted by atomic mass is 9.78. The van der Waals surface area contributed by atoms with E-state index in [0.717, 1.165) is 17.5 Å². The Morgan fingerprint density at radius 3 is 1.97 bits per heavy atom. The second-order valence-electron chi connectivity index (χ2n) is 9.86. The van der Waals surface area contributed by atoms with Gasteiger partial charge in [0.05, 0.1) is 22.2 Å². The third kappa shape index (κ3) is 4.91. The number of rotatable bonds is 5. The molecule has 0 saturated carbocycles. The lowest BCUT2D eigenvalue weighted by Gasteiger charge is -2.49. The quantitative estimate of drug-likeness (QED) is 0.250. The fourth-order valence-corrected chi connectivity index (χ4v) is 5.94. The topological polar surface area (TPSA) is 29.5 Å². The summed E-state index contributed by atoms with van der Waals surface area (Å²) in [5.41, 5.74) is -2.68. The number of piperidine rings is 1. The van der Waals surface area contributed by atoms with Crippen LogP contribution in [-0.4, -0.2) is 23.0 Å². The van der Waals surface area contributed by atoms with Gasteiger partial charge >= 0.3 is 18.3 Å². The SMILES string of the molecule is O=C(OC1CCC2CCC1(c1ccccc1)N2Cc1ccccc1)c1cc(C(F)(F)F)cc(C(F)(F)F)c1. The van der Waals surface area contributed by atoms with Crippen molar-refractivity contribution in [2.24, 2.45) is 0 Å². The molecule has 2 saturated heterocycles. The first-order valence-corrected chi connectivity index (χ1v) is 12.3. The van der Waals surface area contributed by atoms with Gasteiger partial charge in [-0.2, -0.15) is 26.3 Å². The van der Waals surface area contributed by atoms with Crippen molar-refractivity contribution in [3.05, 3.63) is 107 Å². The molecule has 2 aliphatic rings. The maximum absolute atomic E-state index is 13.4. The molecular weight excluding hydrogens is 508 g/mol. The molecule has 2 fully saturated rings. The van der Waals surface area contributed by atoms with E-state index in [1.807, 2.05) is 60.7 Å². The summed E-state index contributed by atoms with van der Waals surface area (Å²) < 4.78 is 86.2. The van der Waals surface area contributed by atoms with Gasteiger partial charge in [-0.3, -0.25) is 4.90 Å².